The van der Waals surface area contributed by atoms with Gasteiger partial charge in [0, 0.05) is 25.6 Å². The Balaban J connectivity index is 1.79. The maximum Gasteiger partial charge on any atom is 0.265 e. The molecule has 0 radical (unpaired) electrons. The van der Waals surface area contributed by atoms with E-state index in [2.05, 4.69) is 15.8 Å². The number of aliphatic hydroxyl groups excluding tert-OH is 1. The summed E-state index contributed by atoms with van der Waals surface area (Å²) in [5, 5.41) is 8.84. The van der Waals surface area contributed by atoms with Gasteiger partial charge in [-0.1, -0.05) is 18.2 Å². The molecule has 1 aliphatic rings. The van der Waals surface area contributed by atoms with Crippen molar-refractivity contribution in [3.05, 3.63) is 60.2 Å². The molecule has 1 aliphatic heterocycles. The third-order valence-corrected chi connectivity index (χ3v) is 6.72. The summed E-state index contributed by atoms with van der Waals surface area (Å²) < 4.78 is 36.7. The van der Waals surface area contributed by atoms with Crippen molar-refractivity contribution in [1.29, 1.82) is 0 Å². The van der Waals surface area contributed by atoms with E-state index in [-0.39, 0.29) is 36.2 Å². The van der Waals surface area contributed by atoms with Gasteiger partial charge in [-0.15, -0.1) is 0 Å². The van der Waals surface area contributed by atoms with Crippen LogP contribution in [0.4, 0.5) is 0 Å². The predicted octanol–water partition coefficient (Wildman–Crippen LogP) is 1.08. The maximum atomic E-state index is 12.8. The minimum Gasteiger partial charge on any atom is -0.494 e. The first-order chi connectivity index (χ1) is 15.4. The van der Waals surface area contributed by atoms with Gasteiger partial charge in [-0.2, -0.15) is 0 Å². The standard InChI is InChI=1S/C22H27N3O6S/c1-23-25-21(27)22(12-15-32(28,29)19-6-3-2-4-7-19)16-31-20(24-22)17-8-10-18(11-9-17)30-14-5-13-26/h2-4,6-11,23,26H,5,12-16H2,1H3,(H,25,27)/t22-/m0/s1. The summed E-state index contributed by atoms with van der Waals surface area (Å²) >= 11 is 0. The number of nitrogens with zero attached hydrogens (tertiary/aromatic N) is 1. The summed E-state index contributed by atoms with van der Waals surface area (Å²) in [6.07, 6.45) is 0.496. The Bertz CT molecular complexity index is 1040. The number of hydrogen-bond acceptors (Lipinski definition) is 8. The molecule has 0 fully saturated rings. The van der Waals surface area contributed by atoms with Crippen LogP contribution in [0, 0.1) is 0 Å². The van der Waals surface area contributed by atoms with Crippen LogP contribution in [-0.2, 0) is 19.4 Å². The van der Waals surface area contributed by atoms with Gasteiger partial charge in [0.05, 0.1) is 17.3 Å². The van der Waals surface area contributed by atoms with Gasteiger partial charge in [0.15, 0.2) is 15.4 Å². The molecule has 10 heteroatoms. The third-order valence-electron chi connectivity index (χ3n) is 4.98. The molecule has 0 saturated carbocycles. The lowest BCUT2D eigenvalue weighted by atomic mass is 9.98. The molecule has 1 heterocycles. The number of benzene rings is 2. The summed E-state index contributed by atoms with van der Waals surface area (Å²) in [6, 6.07) is 15.1. The number of carbonyl (C=O) groups excluding carboxylic acids is 1. The second-order valence-corrected chi connectivity index (χ2v) is 9.38. The fraction of sp³-hybridized carbons (Fsp3) is 0.364. The zero-order valence-corrected chi connectivity index (χ0v) is 18.6. The average Bonchev–Trinajstić information content (AvgIpc) is 3.25. The van der Waals surface area contributed by atoms with Crippen LogP contribution in [0.2, 0.25) is 0 Å². The summed E-state index contributed by atoms with van der Waals surface area (Å²) in [6.45, 7) is 0.380. The van der Waals surface area contributed by atoms with E-state index in [1.165, 1.54) is 12.1 Å². The van der Waals surface area contributed by atoms with Crippen molar-refractivity contribution >= 4 is 21.6 Å². The minimum absolute atomic E-state index is 0.0381. The predicted molar refractivity (Wildman–Crippen MR) is 119 cm³/mol. The fourth-order valence-electron chi connectivity index (χ4n) is 3.18. The molecule has 0 unspecified atom stereocenters. The molecule has 3 N–H and O–H groups in total. The van der Waals surface area contributed by atoms with Gasteiger partial charge < -0.3 is 14.6 Å². The smallest absolute Gasteiger partial charge is 0.265 e. The number of nitrogens with one attached hydrogen (secondary N) is 2. The Kier molecular flexibility index (Phi) is 7.84. The number of carbonyl (C=O) groups is 1. The Hall–Kier alpha value is -2.95. The molecular weight excluding hydrogens is 434 g/mol. The highest BCUT2D eigenvalue weighted by atomic mass is 32.2. The second kappa shape index (κ2) is 10.6. The monoisotopic (exact) mass is 461 g/mol. The van der Waals surface area contributed by atoms with Crippen LogP contribution in [-0.4, -0.2) is 63.5 Å². The molecular formula is C22H27N3O6S. The van der Waals surface area contributed by atoms with E-state index in [4.69, 9.17) is 14.6 Å². The van der Waals surface area contributed by atoms with Crippen LogP contribution in [0.1, 0.15) is 18.4 Å². The molecule has 0 aliphatic carbocycles. The van der Waals surface area contributed by atoms with Crippen LogP contribution in [0.25, 0.3) is 0 Å². The van der Waals surface area contributed by atoms with Crippen molar-refractivity contribution < 1.29 is 27.8 Å². The Morgan fingerprint density at radius 3 is 2.56 bits per heavy atom. The lowest BCUT2D eigenvalue weighted by Crippen LogP contribution is -2.51. The topological polar surface area (TPSA) is 126 Å². The van der Waals surface area contributed by atoms with Crippen LogP contribution >= 0.6 is 0 Å². The molecule has 3 rings (SSSR count). The van der Waals surface area contributed by atoms with Crippen molar-refractivity contribution in [2.75, 3.05) is 32.6 Å². The average molecular weight is 462 g/mol. The lowest BCUT2D eigenvalue weighted by Gasteiger charge is -2.22. The first-order valence-corrected chi connectivity index (χ1v) is 11.9. The molecule has 1 amide bonds. The van der Waals surface area contributed by atoms with E-state index in [1.807, 2.05) is 0 Å². The SMILES string of the molecule is CNNC(=O)[C@]1(CCS(=O)(=O)c2ccccc2)COC(c2ccc(OCCCO)cc2)=N1. The van der Waals surface area contributed by atoms with Gasteiger partial charge in [0.25, 0.3) is 5.91 Å². The van der Waals surface area contributed by atoms with Gasteiger partial charge in [0.1, 0.15) is 12.4 Å². The van der Waals surface area contributed by atoms with Crippen molar-refractivity contribution in [1.82, 2.24) is 10.9 Å². The molecule has 2 aromatic rings. The lowest BCUT2D eigenvalue weighted by molar-refractivity contribution is -0.127. The summed E-state index contributed by atoms with van der Waals surface area (Å²) in [7, 11) is -2.05. The quantitative estimate of drug-likeness (QED) is 0.338. The van der Waals surface area contributed by atoms with E-state index >= 15 is 0 Å². The summed E-state index contributed by atoms with van der Waals surface area (Å²) in [5.74, 6) is 0.165. The number of aliphatic hydroxyl groups is 1. The highest BCUT2D eigenvalue weighted by molar-refractivity contribution is 7.91. The number of hydrazine groups is 1. The van der Waals surface area contributed by atoms with Gasteiger partial charge in [-0.05, 0) is 42.8 Å². The maximum absolute atomic E-state index is 12.8. The molecule has 0 spiro atoms. The van der Waals surface area contributed by atoms with Crippen LogP contribution in [0.15, 0.2) is 64.5 Å². The molecule has 9 nitrogen and oxygen atoms in total. The molecule has 0 aromatic heterocycles. The fourth-order valence-corrected chi connectivity index (χ4v) is 4.59. The van der Waals surface area contributed by atoms with E-state index in [9.17, 15) is 13.2 Å². The van der Waals surface area contributed by atoms with Gasteiger partial charge >= 0.3 is 0 Å². The van der Waals surface area contributed by atoms with Gasteiger partial charge in [0.2, 0.25) is 5.90 Å². The normalized spacial score (nSPS) is 18.0. The number of hydrogen-bond donors (Lipinski definition) is 3. The zero-order chi connectivity index (χ0) is 23.0. The van der Waals surface area contributed by atoms with E-state index in [0.717, 1.165) is 0 Å². The molecule has 0 saturated heterocycles. The summed E-state index contributed by atoms with van der Waals surface area (Å²) in [4.78, 5) is 17.5. The Morgan fingerprint density at radius 2 is 1.91 bits per heavy atom. The van der Waals surface area contributed by atoms with Gasteiger partial charge in [-0.25, -0.2) is 18.8 Å². The number of aliphatic imine (C=N–C) groups is 1. The van der Waals surface area contributed by atoms with Crippen LogP contribution in [0.3, 0.4) is 0 Å². The van der Waals surface area contributed by atoms with Crippen LogP contribution in [0.5, 0.6) is 5.75 Å². The first-order valence-electron chi connectivity index (χ1n) is 10.2. The molecule has 1 atom stereocenters. The zero-order valence-electron chi connectivity index (χ0n) is 17.8. The first kappa shape index (κ1) is 23.7. The van der Waals surface area contributed by atoms with Crippen LogP contribution < -0.4 is 15.6 Å². The van der Waals surface area contributed by atoms with E-state index < -0.39 is 21.3 Å². The molecule has 2 aromatic carbocycles. The number of rotatable bonds is 11. The van der Waals surface area contributed by atoms with Crippen molar-refractivity contribution in [2.24, 2.45) is 4.99 Å². The highest BCUT2D eigenvalue weighted by Gasteiger charge is 2.45. The molecule has 32 heavy (non-hydrogen) atoms. The van der Waals surface area contributed by atoms with Crippen molar-refractivity contribution in [3.63, 3.8) is 0 Å². The van der Waals surface area contributed by atoms with E-state index in [1.54, 1.807) is 49.5 Å². The Labute approximate surface area is 187 Å². The minimum atomic E-state index is -3.59. The van der Waals surface area contributed by atoms with E-state index in [0.29, 0.717) is 24.3 Å². The summed E-state index contributed by atoms with van der Waals surface area (Å²) in [5.41, 5.74) is 4.34. The number of amides is 1. The third kappa shape index (κ3) is 5.64. The molecule has 172 valence electrons. The number of sulfone groups is 1. The van der Waals surface area contributed by atoms with Crippen molar-refractivity contribution in [3.8, 4) is 5.75 Å². The molecule has 0 bridgehead atoms. The second-order valence-electron chi connectivity index (χ2n) is 7.27. The Morgan fingerprint density at radius 1 is 1.19 bits per heavy atom. The van der Waals surface area contributed by atoms with Crippen molar-refractivity contribution in [2.45, 2.75) is 23.3 Å². The highest BCUT2D eigenvalue weighted by Crippen LogP contribution is 2.28. The largest absolute Gasteiger partial charge is 0.494 e. The number of ether oxygens (including phenoxy) is 2. The van der Waals surface area contributed by atoms with Gasteiger partial charge in [-0.3, -0.25) is 10.2 Å².